The van der Waals surface area contributed by atoms with Gasteiger partial charge in [0, 0.05) is 24.0 Å². The minimum Gasteiger partial charge on any atom is -0.504 e. The molecule has 0 aliphatic carbocycles. The average Bonchev–Trinajstić information content (AvgIpc) is 2.67. The fraction of sp³-hybridized carbons (Fsp3) is 0.304. The van der Waals surface area contributed by atoms with E-state index in [9.17, 15) is 15.3 Å². The Morgan fingerprint density at radius 2 is 1.21 bits per heavy atom. The number of aliphatic hydroxyl groups is 1. The number of phenols is 2. The van der Waals surface area contributed by atoms with Gasteiger partial charge in [-0.3, -0.25) is 0 Å². The zero-order valence-electron chi connectivity index (χ0n) is 16.4. The topological polar surface area (TPSA) is 79.2 Å². The number of allylic oxidation sites excluding steroid dienone is 2. The van der Waals surface area contributed by atoms with Gasteiger partial charge in [0.1, 0.15) is 0 Å². The van der Waals surface area contributed by atoms with Crippen LogP contribution in [0.3, 0.4) is 0 Å². The van der Waals surface area contributed by atoms with Gasteiger partial charge in [0.15, 0.2) is 23.0 Å². The first-order chi connectivity index (χ1) is 13.4. The molecule has 0 aliphatic rings. The molecule has 28 heavy (non-hydrogen) atoms. The summed E-state index contributed by atoms with van der Waals surface area (Å²) in [6, 6.07) is 7.17. The van der Waals surface area contributed by atoms with Gasteiger partial charge in [-0.25, -0.2) is 0 Å². The Morgan fingerprint density at radius 1 is 0.821 bits per heavy atom. The van der Waals surface area contributed by atoms with E-state index in [-0.39, 0.29) is 24.3 Å². The van der Waals surface area contributed by atoms with Crippen LogP contribution in [0, 0.1) is 0 Å². The predicted molar refractivity (Wildman–Crippen MR) is 111 cm³/mol. The fourth-order valence-corrected chi connectivity index (χ4v) is 3.23. The number of hydrogen-bond donors (Lipinski definition) is 3. The summed E-state index contributed by atoms with van der Waals surface area (Å²) in [4.78, 5) is 0. The van der Waals surface area contributed by atoms with E-state index < -0.39 is 6.10 Å². The highest BCUT2D eigenvalue weighted by atomic mass is 16.5. The summed E-state index contributed by atoms with van der Waals surface area (Å²) in [5, 5.41) is 31.4. The van der Waals surface area contributed by atoms with E-state index in [0.29, 0.717) is 35.5 Å². The second kappa shape index (κ2) is 9.85. The highest BCUT2D eigenvalue weighted by Gasteiger charge is 2.18. The van der Waals surface area contributed by atoms with E-state index >= 15 is 0 Å². The Balaban J connectivity index is 2.28. The van der Waals surface area contributed by atoms with E-state index in [0.717, 1.165) is 11.1 Å². The van der Waals surface area contributed by atoms with Gasteiger partial charge in [-0.1, -0.05) is 24.3 Å². The standard InChI is InChI=1S/C23H28O5/c1-5-7-15-9-17(22(25)20(11-15)27-3)13-19(24)14-18-10-16(8-6-2)12-21(28-4)23(18)26/h5-6,9-12,19,24-26H,1-2,7-8,13-14H2,3-4H3. The minimum atomic E-state index is -0.816. The lowest BCUT2D eigenvalue weighted by Gasteiger charge is -2.17. The maximum atomic E-state index is 10.6. The van der Waals surface area contributed by atoms with Gasteiger partial charge in [-0.2, -0.15) is 0 Å². The fourth-order valence-electron chi connectivity index (χ4n) is 3.23. The van der Waals surface area contributed by atoms with Crippen LogP contribution in [0.1, 0.15) is 22.3 Å². The molecule has 0 aliphatic heterocycles. The van der Waals surface area contributed by atoms with Crippen molar-refractivity contribution in [3.8, 4) is 23.0 Å². The van der Waals surface area contributed by atoms with Crippen molar-refractivity contribution in [1.29, 1.82) is 0 Å². The van der Waals surface area contributed by atoms with Crippen LogP contribution in [0.25, 0.3) is 0 Å². The lowest BCUT2D eigenvalue weighted by atomic mass is 9.96. The Kier molecular flexibility index (Phi) is 7.52. The van der Waals surface area contributed by atoms with Crippen LogP contribution < -0.4 is 9.47 Å². The molecular weight excluding hydrogens is 356 g/mol. The molecule has 3 N–H and O–H groups in total. The van der Waals surface area contributed by atoms with Crippen LogP contribution >= 0.6 is 0 Å². The van der Waals surface area contributed by atoms with Crippen molar-refractivity contribution >= 4 is 0 Å². The average molecular weight is 384 g/mol. The number of ether oxygens (including phenoxy) is 2. The summed E-state index contributed by atoms with van der Waals surface area (Å²) in [6.07, 6.45) is 4.39. The smallest absolute Gasteiger partial charge is 0.161 e. The predicted octanol–water partition coefficient (Wildman–Crippen LogP) is 3.72. The van der Waals surface area contributed by atoms with Crippen LogP contribution in [0.15, 0.2) is 49.6 Å². The molecule has 0 amide bonds. The molecular formula is C23H28O5. The monoisotopic (exact) mass is 384 g/mol. The maximum absolute atomic E-state index is 10.6. The van der Waals surface area contributed by atoms with Gasteiger partial charge in [0.2, 0.25) is 0 Å². The Morgan fingerprint density at radius 3 is 1.54 bits per heavy atom. The molecule has 2 aromatic rings. The first-order valence-electron chi connectivity index (χ1n) is 9.10. The van der Waals surface area contributed by atoms with Crippen molar-refractivity contribution in [2.24, 2.45) is 0 Å². The highest BCUT2D eigenvalue weighted by Crippen LogP contribution is 2.35. The molecule has 0 aromatic heterocycles. The van der Waals surface area contributed by atoms with Crippen molar-refractivity contribution in [3.63, 3.8) is 0 Å². The largest absolute Gasteiger partial charge is 0.504 e. The molecule has 2 aromatic carbocycles. The number of rotatable bonds is 10. The highest BCUT2D eigenvalue weighted by molar-refractivity contribution is 5.51. The second-order valence-electron chi connectivity index (χ2n) is 6.66. The van der Waals surface area contributed by atoms with Crippen LogP contribution in [0.5, 0.6) is 23.0 Å². The van der Waals surface area contributed by atoms with E-state index in [1.807, 2.05) is 12.1 Å². The first kappa shape index (κ1) is 21.4. The molecule has 0 saturated carbocycles. The number of phenolic OH excluding ortho intramolecular Hbond substituents is 2. The van der Waals surface area contributed by atoms with Gasteiger partial charge >= 0.3 is 0 Å². The number of aliphatic hydroxyl groups excluding tert-OH is 1. The lowest BCUT2D eigenvalue weighted by Crippen LogP contribution is -2.15. The van der Waals surface area contributed by atoms with Crippen LogP contribution in [0.2, 0.25) is 0 Å². The van der Waals surface area contributed by atoms with Crippen LogP contribution in [0.4, 0.5) is 0 Å². The van der Waals surface area contributed by atoms with E-state index in [2.05, 4.69) is 13.2 Å². The third kappa shape index (κ3) is 5.08. The molecule has 0 bridgehead atoms. The minimum absolute atomic E-state index is 0.0107. The number of benzene rings is 2. The molecule has 0 unspecified atom stereocenters. The SMILES string of the molecule is C=CCc1cc(CC(O)Cc2cc(CC=C)cc(OC)c2O)c(O)c(OC)c1. The summed E-state index contributed by atoms with van der Waals surface area (Å²) in [5.41, 5.74) is 3.03. The van der Waals surface area contributed by atoms with E-state index in [4.69, 9.17) is 9.47 Å². The normalized spacial score (nSPS) is 10.7. The summed E-state index contributed by atoms with van der Waals surface area (Å²) in [5.74, 6) is 0.742. The summed E-state index contributed by atoms with van der Waals surface area (Å²) >= 11 is 0. The Hall–Kier alpha value is -2.92. The Bertz CT molecular complexity index is 772. The zero-order chi connectivity index (χ0) is 20.7. The van der Waals surface area contributed by atoms with Gasteiger partial charge in [0.25, 0.3) is 0 Å². The quantitative estimate of drug-likeness (QED) is 0.544. The number of hydrogen-bond acceptors (Lipinski definition) is 5. The van der Waals surface area contributed by atoms with Crippen molar-refractivity contribution in [2.45, 2.75) is 31.8 Å². The van der Waals surface area contributed by atoms with Crippen LogP contribution in [-0.4, -0.2) is 35.6 Å². The number of aromatic hydroxyl groups is 2. The lowest BCUT2D eigenvalue weighted by molar-refractivity contribution is 0.172. The molecule has 0 saturated heterocycles. The zero-order valence-corrected chi connectivity index (χ0v) is 16.4. The second-order valence-corrected chi connectivity index (χ2v) is 6.66. The van der Waals surface area contributed by atoms with Gasteiger partial charge < -0.3 is 24.8 Å². The van der Waals surface area contributed by atoms with E-state index in [1.54, 1.807) is 24.3 Å². The molecule has 5 nitrogen and oxygen atoms in total. The van der Waals surface area contributed by atoms with Crippen molar-refractivity contribution < 1.29 is 24.8 Å². The van der Waals surface area contributed by atoms with Gasteiger partial charge in [-0.15, -0.1) is 13.2 Å². The molecule has 0 heterocycles. The molecule has 0 atom stereocenters. The summed E-state index contributed by atoms with van der Waals surface area (Å²) in [6.45, 7) is 7.46. The molecule has 0 spiro atoms. The molecule has 150 valence electrons. The third-order valence-electron chi connectivity index (χ3n) is 4.54. The van der Waals surface area contributed by atoms with Crippen LogP contribution in [-0.2, 0) is 25.7 Å². The van der Waals surface area contributed by atoms with Gasteiger partial charge in [0.05, 0.1) is 20.3 Å². The molecule has 0 radical (unpaired) electrons. The van der Waals surface area contributed by atoms with E-state index in [1.165, 1.54) is 14.2 Å². The third-order valence-corrected chi connectivity index (χ3v) is 4.54. The van der Waals surface area contributed by atoms with Crippen molar-refractivity contribution in [1.82, 2.24) is 0 Å². The maximum Gasteiger partial charge on any atom is 0.161 e. The van der Waals surface area contributed by atoms with Gasteiger partial charge in [-0.05, 0) is 36.1 Å². The molecule has 0 fully saturated rings. The molecule has 5 heteroatoms. The summed E-state index contributed by atoms with van der Waals surface area (Å²) in [7, 11) is 2.98. The first-order valence-corrected chi connectivity index (χ1v) is 9.10. The van der Waals surface area contributed by atoms with Crippen molar-refractivity contribution in [3.05, 3.63) is 71.8 Å². The Labute approximate surface area is 166 Å². The summed E-state index contributed by atoms with van der Waals surface area (Å²) < 4.78 is 10.5. The molecule has 2 rings (SSSR count). The number of methoxy groups -OCH3 is 2. The van der Waals surface area contributed by atoms with Crippen molar-refractivity contribution in [2.75, 3.05) is 14.2 Å².